The molecule has 0 saturated heterocycles. The number of pyridine rings is 2. The minimum atomic E-state index is -0.0120. The molecule has 0 aliphatic heterocycles. The van der Waals surface area contributed by atoms with Gasteiger partial charge < -0.3 is 0 Å². The van der Waals surface area contributed by atoms with Crippen molar-refractivity contribution in [3.63, 3.8) is 0 Å². The van der Waals surface area contributed by atoms with Gasteiger partial charge in [0.25, 0.3) is 0 Å². The Bertz CT molecular complexity index is 2010. The number of aromatic nitrogens is 2. The lowest BCUT2D eigenvalue weighted by Crippen LogP contribution is -2.14. The molecular weight excluding hydrogens is 508 g/mol. The topological polar surface area (TPSA) is 25.8 Å². The van der Waals surface area contributed by atoms with E-state index >= 15 is 0 Å². The number of benzene rings is 4. The van der Waals surface area contributed by atoms with Crippen molar-refractivity contribution >= 4 is 21.8 Å². The fraction of sp³-hybridized carbons (Fsp3) is 0.250. The van der Waals surface area contributed by atoms with Crippen LogP contribution in [0.25, 0.3) is 55.2 Å². The molecule has 0 amide bonds. The molecule has 1 fully saturated rings. The number of hydrogen-bond acceptors (Lipinski definition) is 2. The fourth-order valence-corrected chi connectivity index (χ4v) is 7.59. The number of hydrogen-bond donors (Lipinski definition) is 0. The van der Waals surface area contributed by atoms with Crippen LogP contribution in [0.1, 0.15) is 74.4 Å². The highest BCUT2D eigenvalue weighted by Gasteiger charge is 2.35. The van der Waals surface area contributed by atoms with Gasteiger partial charge in [-0.1, -0.05) is 106 Å². The van der Waals surface area contributed by atoms with Crippen molar-refractivity contribution in [1.29, 1.82) is 0 Å². The highest BCUT2D eigenvalue weighted by molar-refractivity contribution is 6.08. The lowest BCUT2D eigenvalue weighted by molar-refractivity contribution is 0.437. The summed E-state index contributed by atoms with van der Waals surface area (Å²) in [5, 5.41) is 2.34. The van der Waals surface area contributed by atoms with Gasteiger partial charge in [-0.15, -0.1) is 0 Å². The average molecular weight is 545 g/mol. The van der Waals surface area contributed by atoms with Gasteiger partial charge in [0, 0.05) is 33.5 Å². The Balaban J connectivity index is 1.29. The molecule has 2 nitrogen and oxygen atoms in total. The first-order valence-corrected chi connectivity index (χ1v) is 15.5. The van der Waals surface area contributed by atoms with Crippen LogP contribution >= 0.6 is 0 Å². The summed E-state index contributed by atoms with van der Waals surface area (Å²) in [7, 11) is 0. The minimum Gasteiger partial charge on any atom is -0.251 e. The Kier molecular flexibility index (Phi) is 5.83. The maximum Gasteiger partial charge on any atom is 0.0974 e. The molecule has 2 aliphatic carbocycles. The Morgan fingerprint density at radius 2 is 1.36 bits per heavy atom. The standard InChI is InChI=1S/C40H36N2/c1-25-16-17-27-18-21-33-34(24-37(26-10-5-4-6-11-26)42-39(33)38(27)41-25)30-13-9-12-28(22-30)29-19-20-32-31-14-7-8-15-35(31)40(2,3)36(32)23-29/h7-9,12-24,26H,4-6,10-11H2,1-3H3. The monoisotopic (exact) mass is 544 g/mol. The van der Waals surface area contributed by atoms with E-state index in [9.17, 15) is 0 Å². The zero-order chi connectivity index (χ0) is 28.4. The largest absolute Gasteiger partial charge is 0.251 e. The van der Waals surface area contributed by atoms with Crippen molar-refractivity contribution in [2.45, 2.75) is 64.2 Å². The van der Waals surface area contributed by atoms with Crippen LogP contribution in [0.3, 0.4) is 0 Å². The Hall–Kier alpha value is -4.30. The molecule has 0 bridgehead atoms. The zero-order valence-corrected chi connectivity index (χ0v) is 24.7. The number of aryl methyl sites for hydroxylation is 1. The van der Waals surface area contributed by atoms with E-state index in [4.69, 9.17) is 9.97 Å². The molecule has 206 valence electrons. The van der Waals surface area contributed by atoms with Crippen LogP contribution in [-0.4, -0.2) is 9.97 Å². The van der Waals surface area contributed by atoms with Crippen molar-refractivity contribution < 1.29 is 0 Å². The van der Waals surface area contributed by atoms with Crippen molar-refractivity contribution in [1.82, 2.24) is 9.97 Å². The summed E-state index contributed by atoms with van der Waals surface area (Å²) in [6.07, 6.45) is 6.37. The van der Waals surface area contributed by atoms with Crippen LogP contribution in [0.5, 0.6) is 0 Å². The van der Waals surface area contributed by atoms with Gasteiger partial charge >= 0.3 is 0 Å². The van der Waals surface area contributed by atoms with Crippen LogP contribution in [0, 0.1) is 6.92 Å². The van der Waals surface area contributed by atoms with E-state index in [0.717, 1.165) is 22.1 Å². The fourth-order valence-electron chi connectivity index (χ4n) is 7.59. The predicted octanol–water partition coefficient (Wildman–Crippen LogP) is 10.8. The van der Waals surface area contributed by atoms with Gasteiger partial charge in [-0.05, 0) is 88.5 Å². The molecule has 8 rings (SSSR count). The second kappa shape index (κ2) is 9.63. The lowest BCUT2D eigenvalue weighted by atomic mass is 9.81. The van der Waals surface area contributed by atoms with E-state index in [2.05, 4.69) is 118 Å². The summed E-state index contributed by atoms with van der Waals surface area (Å²) in [6, 6.07) is 36.2. The number of rotatable bonds is 3. The van der Waals surface area contributed by atoms with Gasteiger partial charge in [-0.25, -0.2) is 0 Å². The highest BCUT2D eigenvalue weighted by Crippen LogP contribution is 2.49. The Labute approximate surface area is 248 Å². The molecule has 2 aliphatic rings. The van der Waals surface area contributed by atoms with E-state index in [1.54, 1.807) is 0 Å². The summed E-state index contributed by atoms with van der Waals surface area (Å²) in [5.74, 6) is 0.519. The molecule has 2 heteroatoms. The van der Waals surface area contributed by atoms with E-state index < -0.39 is 0 Å². The van der Waals surface area contributed by atoms with Gasteiger partial charge in [0.2, 0.25) is 0 Å². The van der Waals surface area contributed by atoms with Crippen LogP contribution in [0.15, 0.2) is 97.1 Å². The first-order chi connectivity index (χ1) is 20.5. The number of fused-ring (bicyclic) bond motifs is 6. The van der Waals surface area contributed by atoms with Crippen LogP contribution in [-0.2, 0) is 5.41 Å². The average Bonchev–Trinajstić information content (AvgIpc) is 3.27. The zero-order valence-electron chi connectivity index (χ0n) is 24.7. The van der Waals surface area contributed by atoms with Gasteiger partial charge in [-0.2, -0.15) is 0 Å². The third-order valence-electron chi connectivity index (χ3n) is 9.91. The molecule has 4 aromatic carbocycles. The smallest absolute Gasteiger partial charge is 0.0974 e. The molecule has 0 spiro atoms. The van der Waals surface area contributed by atoms with Gasteiger partial charge in [-0.3, -0.25) is 9.97 Å². The molecule has 6 aromatic rings. The second-order valence-corrected chi connectivity index (χ2v) is 12.9. The van der Waals surface area contributed by atoms with Crippen molar-refractivity contribution in [3.8, 4) is 33.4 Å². The summed E-state index contributed by atoms with van der Waals surface area (Å²) < 4.78 is 0. The maximum atomic E-state index is 5.35. The molecular formula is C40H36N2. The summed E-state index contributed by atoms with van der Waals surface area (Å²) in [6.45, 7) is 6.78. The Morgan fingerprint density at radius 1 is 0.595 bits per heavy atom. The van der Waals surface area contributed by atoms with Crippen molar-refractivity contribution in [3.05, 3.63) is 120 Å². The minimum absolute atomic E-state index is 0.0120. The summed E-state index contributed by atoms with van der Waals surface area (Å²) >= 11 is 0. The first-order valence-electron chi connectivity index (χ1n) is 15.5. The normalized spacial score (nSPS) is 16.1. The molecule has 0 radical (unpaired) electrons. The highest BCUT2D eigenvalue weighted by atomic mass is 14.8. The molecule has 0 unspecified atom stereocenters. The lowest BCUT2D eigenvalue weighted by Gasteiger charge is -2.23. The molecule has 2 aromatic heterocycles. The van der Waals surface area contributed by atoms with Crippen LogP contribution in [0.4, 0.5) is 0 Å². The quantitative estimate of drug-likeness (QED) is 0.207. The molecule has 2 heterocycles. The summed E-state index contributed by atoms with van der Waals surface area (Å²) in [4.78, 5) is 10.3. The van der Waals surface area contributed by atoms with Gasteiger partial charge in [0.05, 0.1) is 11.0 Å². The van der Waals surface area contributed by atoms with Crippen LogP contribution in [0.2, 0.25) is 0 Å². The predicted molar refractivity (Wildman–Crippen MR) is 176 cm³/mol. The second-order valence-electron chi connectivity index (χ2n) is 12.9. The molecule has 1 saturated carbocycles. The number of nitrogens with zero attached hydrogens (tertiary/aromatic N) is 2. The van der Waals surface area contributed by atoms with Crippen LogP contribution < -0.4 is 0 Å². The van der Waals surface area contributed by atoms with Gasteiger partial charge in [0.15, 0.2) is 0 Å². The van der Waals surface area contributed by atoms with E-state index in [1.807, 2.05) is 0 Å². The molecule has 0 N–H and O–H groups in total. The molecule has 42 heavy (non-hydrogen) atoms. The van der Waals surface area contributed by atoms with E-state index in [0.29, 0.717) is 5.92 Å². The summed E-state index contributed by atoms with van der Waals surface area (Å²) in [5.41, 5.74) is 14.9. The first kappa shape index (κ1) is 25.4. The van der Waals surface area contributed by atoms with Crippen molar-refractivity contribution in [2.75, 3.05) is 0 Å². The maximum absolute atomic E-state index is 5.35. The third-order valence-corrected chi connectivity index (χ3v) is 9.91. The Morgan fingerprint density at radius 3 is 2.24 bits per heavy atom. The third kappa shape index (κ3) is 4.00. The van der Waals surface area contributed by atoms with Crippen molar-refractivity contribution in [2.24, 2.45) is 0 Å². The van der Waals surface area contributed by atoms with E-state index in [1.165, 1.54) is 87.7 Å². The SMILES string of the molecule is Cc1ccc2ccc3c(-c4cccc(-c5ccc6c(c5)C(C)(C)c5ccccc5-6)c4)cc(C4CCCCC4)nc3c2n1. The molecule has 0 atom stereocenters. The van der Waals surface area contributed by atoms with E-state index in [-0.39, 0.29) is 5.41 Å². The van der Waals surface area contributed by atoms with Gasteiger partial charge in [0.1, 0.15) is 0 Å².